The molecule has 1 saturated heterocycles. The molecule has 32 heavy (non-hydrogen) atoms. The number of thiazole rings is 1. The van der Waals surface area contributed by atoms with Crippen molar-refractivity contribution in [1.29, 1.82) is 0 Å². The molecule has 6 nitrogen and oxygen atoms in total. The van der Waals surface area contributed by atoms with Gasteiger partial charge in [0.25, 0.3) is 0 Å². The van der Waals surface area contributed by atoms with Gasteiger partial charge in [0.05, 0.1) is 10.9 Å². The van der Waals surface area contributed by atoms with E-state index in [2.05, 4.69) is 62.3 Å². The SMILES string of the molecule is CCc1nc2sc(C(c3ccc(Cl)cc3)N3CCN(Cc4ccccc4)CC3)c(O)n2n1. The van der Waals surface area contributed by atoms with Gasteiger partial charge in [0.1, 0.15) is 0 Å². The van der Waals surface area contributed by atoms with Crippen LogP contribution in [0.5, 0.6) is 5.88 Å². The van der Waals surface area contributed by atoms with Gasteiger partial charge in [0.15, 0.2) is 5.82 Å². The predicted molar refractivity (Wildman–Crippen MR) is 128 cm³/mol. The maximum absolute atomic E-state index is 11.1. The molecule has 1 fully saturated rings. The van der Waals surface area contributed by atoms with Crippen molar-refractivity contribution in [2.45, 2.75) is 25.9 Å². The van der Waals surface area contributed by atoms with Gasteiger partial charge in [-0.25, -0.2) is 4.98 Å². The number of rotatable bonds is 6. The number of nitrogens with zero attached hydrogens (tertiary/aromatic N) is 5. The van der Waals surface area contributed by atoms with Crippen molar-refractivity contribution in [2.24, 2.45) is 0 Å². The van der Waals surface area contributed by atoms with Crippen molar-refractivity contribution < 1.29 is 5.11 Å². The monoisotopic (exact) mass is 467 g/mol. The summed E-state index contributed by atoms with van der Waals surface area (Å²) in [5.74, 6) is 0.930. The highest BCUT2D eigenvalue weighted by Crippen LogP contribution is 2.40. The minimum atomic E-state index is -0.0651. The average Bonchev–Trinajstić information content (AvgIpc) is 3.36. The lowest BCUT2D eigenvalue weighted by Crippen LogP contribution is -2.47. The highest BCUT2D eigenvalue weighted by molar-refractivity contribution is 7.17. The summed E-state index contributed by atoms with van der Waals surface area (Å²) < 4.78 is 1.58. The zero-order valence-electron chi connectivity index (χ0n) is 18.0. The minimum Gasteiger partial charge on any atom is -0.492 e. The van der Waals surface area contributed by atoms with Crippen LogP contribution in [0.4, 0.5) is 0 Å². The lowest BCUT2D eigenvalue weighted by Gasteiger charge is -2.39. The Balaban J connectivity index is 1.42. The van der Waals surface area contributed by atoms with Gasteiger partial charge >= 0.3 is 0 Å². The lowest BCUT2D eigenvalue weighted by atomic mass is 10.0. The third-order valence-corrected chi connectivity index (χ3v) is 7.34. The second-order valence-electron chi connectivity index (χ2n) is 8.12. The highest BCUT2D eigenvalue weighted by atomic mass is 35.5. The maximum Gasteiger partial charge on any atom is 0.230 e. The van der Waals surface area contributed by atoms with Crippen LogP contribution in [0.15, 0.2) is 54.6 Å². The van der Waals surface area contributed by atoms with Crippen LogP contribution in [0.25, 0.3) is 4.96 Å². The highest BCUT2D eigenvalue weighted by Gasteiger charge is 2.31. The van der Waals surface area contributed by atoms with Gasteiger partial charge in [0.2, 0.25) is 10.8 Å². The number of fused-ring (bicyclic) bond motifs is 1. The van der Waals surface area contributed by atoms with Crippen LogP contribution in [0, 0.1) is 0 Å². The normalized spacial score (nSPS) is 16.6. The Kier molecular flexibility index (Phi) is 6.15. The second-order valence-corrected chi connectivity index (χ2v) is 9.56. The van der Waals surface area contributed by atoms with Crippen LogP contribution < -0.4 is 0 Å². The predicted octanol–water partition coefficient (Wildman–Crippen LogP) is 4.62. The summed E-state index contributed by atoms with van der Waals surface area (Å²) in [6.45, 7) is 6.74. The summed E-state index contributed by atoms with van der Waals surface area (Å²) in [6, 6.07) is 18.5. The van der Waals surface area contributed by atoms with Gasteiger partial charge in [-0.1, -0.05) is 72.3 Å². The maximum atomic E-state index is 11.1. The summed E-state index contributed by atoms with van der Waals surface area (Å²) in [4.78, 5) is 11.1. The quantitative estimate of drug-likeness (QED) is 0.448. The molecule has 0 radical (unpaired) electrons. The molecule has 1 aliphatic heterocycles. The van der Waals surface area contributed by atoms with Crippen molar-refractivity contribution >= 4 is 27.9 Å². The topological polar surface area (TPSA) is 56.9 Å². The summed E-state index contributed by atoms with van der Waals surface area (Å²) in [7, 11) is 0. The zero-order chi connectivity index (χ0) is 22.1. The Morgan fingerprint density at radius 3 is 2.41 bits per heavy atom. The van der Waals surface area contributed by atoms with Gasteiger partial charge in [-0.3, -0.25) is 9.80 Å². The molecule has 5 rings (SSSR count). The van der Waals surface area contributed by atoms with Gasteiger partial charge in [0, 0.05) is 44.2 Å². The summed E-state index contributed by atoms with van der Waals surface area (Å²) in [5, 5.41) is 16.2. The number of aromatic nitrogens is 3. The third kappa shape index (κ3) is 4.26. The number of aromatic hydroxyl groups is 1. The fraction of sp³-hybridized carbons (Fsp3) is 0.333. The molecule has 0 amide bonds. The van der Waals surface area contributed by atoms with E-state index < -0.39 is 0 Å². The van der Waals surface area contributed by atoms with Gasteiger partial charge < -0.3 is 5.11 Å². The lowest BCUT2D eigenvalue weighted by molar-refractivity contribution is 0.105. The fourth-order valence-corrected chi connectivity index (χ4v) is 5.57. The molecule has 8 heteroatoms. The molecule has 2 aromatic carbocycles. The fourth-order valence-electron chi connectivity index (χ4n) is 4.31. The van der Waals surface area contributed by atoms with Crippen LogP contribution in [0.2, 0.25) is 5.02 Å². The first kappa shape index (κ1) is 21.4. The number of piperazine rings is 1. The van der Waals surface area contributed by atoms with Crippen molar-refractivity contribution in [3.8, 4) is 5.88 Å². The number of hydrogen-bond acceptors (Lipinski definition) is 6. The molecule has 0 bridgehead atoms. The van der Waals surface area contributed by atoms with Crippen LogP contribution in [-0.2, 0) is 13.0 Å². The molecule has 1 N–H and O–H groups in total. The summed E-state index contributed by atoms with van der Waals surface area (Å²) in [6.07, 6.45) is 0.743. The van der Waals surface area contributed by atoms with Gasteiger partial charge in [-0.15, -0.1) is 5.10 Å². The van der Waals surface area contributed by atoms with E-state index in [1.165, 1.54) is 16.9 Å². The van der Waals surface area contributed by atoms with E-state index in [1.807, 2.05) is 19.1 Å². The largest absolute Gasteiger partial charge is 0.492 e. The molecular formula is C24H26ClN5OS. The first-order valence-electron chi connectivity index (χ1n) is 11.0. The molecular weight excluding hydrogens is 442 g/mol. The van der Waals surface area contributed by atoms with Gasteiger partial charge in [-0.05, 0) is 23.3 Å². The van der Waals surface area contributed by atoms with E-state index in [1.54, 1.807) is 4.52 Å². The molecule has 0 aliphatic carbocycles. The molecule has 166 valence electrons. The van der Waals surface area contributed by atoms with E-state index in [-0.39, 0.29) is 11.9 Å². The van der Waals surface area contributed by atoms with E-state index in [4.69, 9.17) is 11.6 Å². The van der Waals surface area contributed by atoms with E-state index in [0.717, 1.165) is 60.4 Å². The molecule has 3 heterocycles. The number of halogens is 1. The van der Waals surface area contributed by atoms with E-state index in [0.29, 0.717) is 5.02 Å². The first-order chi connectivity index (χ1) is 15.6. The molecule has 1 unspecified atom stereocenters. The molecule has 2 aromatic heterocycles. The van der Waals surface area contributed by atoms with Crippen LogP contribution in [0.3, 0.4) is 0 Å². The smallest absolute Gasteiger partial charge is 0.230 e. The average molecular weight is 468 g/mol. The van der Waals surface area contributed by atoms with Crippen molar-refractivity contribution in [3.63, 3.8) is 0 Å². The Labute approximate surface area is 196 Å². The van der Waals surface area contributed by atoms with Crippen molar-refractivity contribution in [3.05, 3.63) is 81.4 Å². The molecule has 0 spiro atoms. The van der Waals surface area contributed by atoms with Crippen LogP contribution in [-0.4, -0.2) is 55.7 Å². The zero-order valence-corrected chi connectivity index (χ0v) is 19.6. The van der Waals surface area contributed by atoms with Gasteiger partial charge in [-0.2, -0.15) is 4.52 Å². The van der Waals surface area contributed by atoms with Crippen molar-refractivity contribution in [2.75, 3.05) is 26.2 Å². The van der Waals surface area contributed by atoms with Crippen molar-refractivity contribution in [1.82, 2.24) is 24.4 Å². The minimum absolute atomic E-state index is 0.0651. The van der Waals surface area contributed by atoms with Crippen LogP contribution in [0.1, 0.15) is 34.8 Å². The standard InChI is InChI=1S/C24H26ClN5OS/c1-2-20-26-24-30(27-20)23(31)22(32-24)21(18-8-10-19(25)11-9-18)29-14-12-28(13-15-29)16-17-6-4-3-5-7-17/h3-11,21,31H,2,12-16H2,1H3. The summed E-state index contributed by atoms with van der Waals surface area (Å²) in [5.41, 5.74) is 2.45. The van der Waals surface area contributed by atoms with E-state index in [9.17, 15) is 5.11 Å². The molecule has 4 aromatic rings. The van der Waals surface area contributed by atoms with E-state index >= 15 is 0 Å². The second kappa shape index (κ2) is 9.19. The molecule has 1 aliphatic rings. The Morgan fingerprint density at radius 2 is 1.75 bits per heavy atom. The Morgan fingerprint density at radius 1 is 1.03 bits per heavy atom. The molecule has 0 saturated carbocycles. The third-order valence-electron chi connectivity index (χ3n) is 6.01. The number of benzene rings is 2. The molecule has 1 atom stereocenters. The number of hydrogen-bond donors (Lipinski definition) is 1. The Hall–Kier alpha value is -2.45. The summed E-state index contributed by atoms with van der Waals surface area (Å²) >= 11 is 7.68. The number of aryl methyl sites for hydroxylation is 1. The first-order valence-corrected chi connectivity index (χ1v) is 12.1. The Bertz CT molecular complexity index is 1180. The van der Waals surface area contributed by atoms with Crippen LogP contribution >= 0.6 is 22.9 Å².